The van der Waals surface area contributed by atoms with Crippen LogP contribution in [0.3, 0.4) is 0 Å². The summed E-state index contributed by atoms with van der Waals surface area (Å²) in [6, 6.07) is 21.8. The molecular weight excluding hydrogens is 334 g/mol. The zero-order chi connectivity index (χ0) is 18.7. The van der Waals surface area contributed by atoms with Crippen LogP contribution in [-0.4, -0.2) is 23.8 Å². The largest absolute Gasteiger partial charge is 0.256 e. The highest BCUT2D eigenvalue weighted by Gasteiger charge is 2.12. The van der Waals surface area contributed by atoms with Crippen molar-refractivity contribution in [2.75, 3.05) is 18.8 Å². The summed E-state index contributed by atoms with van der Waals surface area (Å²) in [5, 5.41) is 0. The van der Waals surface area contributed by atoms with Crippen LogP contribution in [0.1, 0.15) is 19.4 Å². The van der Waals surface area contributed by atoms with Crippen molar-refractivity contribution < 1.29 is 0 Å². The molecule has 0 saturated heterocycles. The van der Waals surface area contributed by atoms with Crippen LogP contribution in [0, 0.1) is 5.92 Å². The fraction of sp³-hybridized carbons (Fsp3) is 0.292. The average molecular weight is 364 g/mol. The topological polar surface area (TPSA) is 12.9 Å². The molecule has 2 heteroatoms. The van der Waals surface area contributed by atoms with E-state index >= 15 is 0 Å². The van der Waals surface area contributed by atoms with Crippen molar-refractivity contribution >= 4 is 10.0 Å². The maximum Gasteiger partial charge on any atom is 0.0705 e. The Morgan fingerprint density at radius 2 is 1.50 bits per heavy atom. The standard InChI is InChI=1S/C24H29NS/c1-18(2)15-21-16-24(20-9-7-6-8-10-20)25-17-23(21)19-11-13-22(14-12-19)26(3,4)5/h6-14,16-18H,15H2,1-5H3. The minimum Gasteiger partial charge on any atom is -0.256 e. The lowest BCUT2D eigenvalue weighted by Crippen LogP contribution is -1.99. The lowest BCUT2D eigenvalue weighted by molar-refractivity contribution is 0.648. The smallest absolute Gasteiger partial charge is 0.0705 e. The fourth-order valence-electron chi connectivity index (χ4n) is 3.18. The summed E-state index contributed by atoms with van der Waals surface area (Å²) >= 11 is 0. The molecular formula is C24H29NS. The molecule has 1 heterocycles. The second kappa shape index (κ2) is 7.67. The van der Waals surface area contributed by atoms with E-state index in [1.807, 2.05) is 6.07 Å². The summed E-state index contributed by atoms with van der Waals surface area (Å²) in [7, 11) is -0.689. The van der Waals surface area contributed by atoms with Crippen LogP contribution in [0.4, 0.5) is 0 Å². The zero-order valence-corrected chi connectivity index (χ0v) is 17.3. The molecule has 0 unspecified atom stereocenters. The van der Waals surface area contributed by atoms with Crippen molar-refractivity contribution in [2.45, 2.75) is 25.2 Å². The molecule has 3 rings (SSSR count). The second-order valence-electron chi connectivity index (χ2n) is 8.05. The Morgan fingerprint density at radius 1 is 0.846 bits per heavy atom. The van der Waals surface area contributed by atoms with E-state index in [1.54, 1.807) is 0 Å². The molecule has 0 radical (unpaired) electrons. The van der Waals surface area contributed by atoms with Crippen molar-refractivity contribution in [3.8, 4) is 22.4 Å². The maximum atomic E-state index is 4.77. The molecule has 0 aliphatic heterocycles. The van der Waals surface area contributed by atoms with Crippen LogP contribution >= 0.6 is 10.0 Å². The minimum absolute atomic E-state index is 0.609. The third-order valence-corrected chi connectivity index (χ3v) is 6.25. The van der Waals surface area contributed by atoms with E-state index < -0.39 is 10.0 Å². The average Bonchev–Trinajstić information content (AvgIpc) is 2.61. The van der Waals surface area contributed by atoms with Crippen molar-refractivity contribution in [3.63, 3.8) is 0 Å². The van der Waals surface area contributed by atoms with Gasteiger partial charge in [0.05, 0.1) is 5.69 Å². The lowest BCUT2D eigenvalue weighted by atomic mass is 9.94. The number of nitrogens with zero attached hydrogens (tertiary/aromatic N) is 1. The highest BCUT2D eigenvalue weighted by Crippen LogP contribution is 2.45. The van der Waals surface area contributed by atoms with Gasteiger partial charge < -0.3 is 0 Å². The van der Waals surface area contributed by atoms with Crippen LogP contribution in [0.5, 0.6) is 0 Å². The van der Waals surface area contributed by atoms with Crippen molar-refractivity contribution in [3.05, 3.63) is 72.4 Å². The van der Waals surface area contributed by atoms with Gasteiger partial charge in [-0.05, 0) is 65.3 Å². The van der Waals surface area contributed by atoms with Gasteiger partial charge in [-0.15, -0.1) is 0 Å². The molecule has 0 amide bonds. The van der Waals surface area contributed by atoms with Crippen molar-refractivity contribution in [1.29, 1.82) is 0 Å². The summed E-state index contributed by atoms with van der Waals surface area (Å²) < 4.78 is 0. The molecule has 0 fully saturated rings. The van der Waals surface area contributed by atoms with E-state index in [-0.39, 0.29) is 0 Å². The van der Waals surface area contributed by atoms with Crippen LogP contribution in [0.25, 0.3) is 22.4 Å². The predicted molar refractivity (Wildman–Crippen MR) is 117 cm³/mol. The van der Waals surface area contributed by atoms with E-state index in [4.69, 9.17) is 4.98 Å². The van der Waals surface area contributed by atoms with Gasteiger partial charge in [-0.1, -0.05) is 56.3 Å². The Hall–Kier alpha value is -2.06. The highest BCUT2D eigenvalue weighted by atomic mass is 32.3. The minimum atomic E-state index is -0.689. The van der Waals surface area contributed by atoms with Crippen LogP contribution in [0.15, 0.2) is 71.8 Å². The van der Waals surface area contributed by atoms with Gasteiger partial charge in [-0.25, -0.2) is 10.0 Å². The summed E-state index contributed by atoms with van der Waals surface area (Å²) in [6.07, 6.45) is 10.1. The van der Waals surface area contributed by atoms with E-state index in [0.717, 1.165) is 12.1 Å². The fourth-order valence-corrected chi connectivity index (χ4v) is 4.13. The first kappa shape index (κ1) is 18.7. The highest BCUT2D eigenvalue weighted by molar-refractivity contribution is 8.32. The normalized spacial score (nSPS) is 12.4. The number of rotatable bonds is 5. The van der Waals surface area contributed by atoms with Gasteiger partial charge >= 0.3 is 0 Å². The first-order chi connectivity index (χ1) is 12.3. The predicted octanol–water partition coefficient (Wildman–Crippen LogP) is 6.67. The SMILES string of the molecule is CC(C)Cc1cc(-c2ccccc2)ncc1-c1ccc(S(C)(C)C)cc1. The quantitative estimate of drug-likeness (QED) is 0.493. The number of benzene rings is 2. The van der Waals surface area contributed by atoms with Gasteiger partial charge in [0, 0.05) is 17.3 Å². The molecule has 0 aliphatic carbocycles. The van der Waals surface area contributed by atoms with Crippen molar-refractivity contribution in [1.82, 2.24) is 4.98 Å². The van der Waals surface area contributed by atoms with E-state index in [2.05, 4.69) is 93.4 Å². The number of aromatic nitrogens is 1. The summed E-state index contributed by atoms with van der Waals surface area (Å²) in [5.41, 5.74) is 6.13. The summed E-state index contributed by atoms with van der Waals surface area (Å²) in [6.45, 7) is 4.55. The van der Waals surface area contributed by atoms with E-state index in [9.17, 15) is 0 Å². The molecule has 2 aromatic carbocycles. The second-order valence-corrected chi connectivity index (χ2v) is 12.2. The molecule has 0 aliphatic rings. The molecule has 0 atom stereocenters. The molecule has 0 saturated carbocycles. The first-order valence-corrected chi connectivity index (χ1v) is 12.0. The van der Waals surface area contributed by atoms with E-state index in [0.29, 0.717) is 5.92 Å². The van der Waals surface area contributed by atoms with Gasteiger partial charge in [0.1, 0.15) is 0 Å². The molecule has 26 heavy (non-hydrogen) atoms. The molecule has 136 valence electrons. The van der Waals surface area contributed by atoms with Crippen LogP contribution < -0.4 is 0 Å². The molecule has 0 spiro atoms. The number of pyridine rings is 1. The maximum absolute atomic E-state index is 4.77. The summed E-state index contributed by atoms with van der Waals surface area (Å²) in [4.78, 5) is 6.21. The Bertz CT molecular complexity index is 859. The van der Waals surface area contributed by atoms with E-state index in [1.165, 1.54) is 27.1 Å². The van der Waals surface area contributed by atoms with Gasteiger partial charge in [0.25, 0.3) is 0 Å². The third-order valence-electron chi connectivity index (χ3n) is 4.56. The van der Waals surface area contributed by atoms with Gasteiger partial charge in [-0.3, -0.25) is 4.98 Å². The van der Waals surface area contributed by atoms with Crippen LogP contribution in [0.2, 0.25) is 0 Å². The molecule has 1 nitrogen and oxygen atoms in total. The lowest BCUT2D eigenvalue weighted by Gasteiger charge is -2.26. The van der Waals surface area contributed by atoms with Gasteiger partial charge in [0.15, 0.2) is 0 Å². The Morgan fingerprint density at radius 3 is 2.08 bits per heavy atom. The Balaban J connectivity index is 2.03. The Kier molecular flexibility index (Phi) is 5.52. The monoisotopic (exact) mass is 363 g/mol. The van der Waals surface area contributed by atoms with Gasteiger partial charge in [-0.2, -0.15) is 0 Å². The zero-order valence-electron chi connectivity index (χ0n) is 16.5. The molecule has 3 aromatic rings. The third kappa shape index (κ3) is 4.37. The Labute approximate surface area is 159 Å². The van der Waals surface area contributed by atoms with Crippen LogP contribution in [-0.2, 0) is 6.42 Å². The van der Waals surface area contributed by atoms with Gasteiger partial charge in [0.2, 0.25) is 0 Å². The molecule has 0 N–H and O–H groups in total. The number of hydrogen-bond acceptors (Lipinski definition) is 1. The summed E-state index contributed by atoms with van der Waals surface area (Å²) in [5.74, 6) is 0.609. The molecule has 1 aromatic heterocycles. The number of hydrogen-bond donors (Lipinski definition) is 0. The molecule has 0 bridgehead atoms. The first-order valence-electron chi connectivity index (χ1n) is 9.18. The van der Waals surface area contributed by atoms with Crippen molar-refractivity contribution in [2.24, 2.45) is 5.92 Å².